The maximum Gasteiger partial charge on any atom is 0.407 e. The van der Waals surface area contributed by atoms with Crippen molar-refractivity contribution in [1.82, 2.24) is 29.3 Å². The first kappa shape index (κ1) is 42.1. The summed E-state index contributed by atoms with van der Waals surface area (Å²) in [5.74, 6) is 0. The highest BCUT2D eigenvalue weighted by Gasteiger charge is 2.40. The van der Waals surface area contributed by atoms with Gasteiger partial charge in [0.1, 0.15) is 0 Å². The zero-order valence-corrected chi connectivity index (χ0v) is 34.1. The molecule has 1 atom stereocenters. The van der Waals surface area contributed by atoms with Crippen LogP contribution in [0.5, 0.6) is 0 Å². The number of carbonyl (C=O) groups excluding carboxylic acids is 1. The molecule has 0 radical (unpaired) electrons. The molecule has 0 saturated heterocycles. The number of nitrogens with one attached hydrogen (secondary N) is 2. The van der Waals surface area contributed by atoms with E-state index < -0.39 is 17.6 Å². The number of hydrogen-bond donors (Lipinski definition) is 2. The molecule has 2 N–H and O–H groups in total. The summed E-state index contributed by atoms with van der Waals surface area (Å²) in [6.07, 6.45) is 12.8. The lowest BCUT2D eigenvalue weighted by Crippen LogP contribution is -2.50. The number of rotatable bonds is 22. The Kier molecular flexibility index (Phi) is 16.0. The van der Waals surface area contributed by atoms with Crippen LogP contribution in [0.25, 0.3) is 11.2 Å². The topological polar surface area (TPSA) is 112 Å². The van der Waals surface area contributed by atoms with Crippen molar-refractivity contribution in [3.05, 3.63) is 135 Å². The molecule has 11 heteroatoms. The Hall–Kier alpha value is -5.03. The van der Waals surface area contributed by atoms with E-state index in [-0.39, 0.29) is 11.2 Å². The molecule has 5 aromatic rings. The average molecular weight is 779 g/mol. The molecule has 1 amide bonds. The number of ether oxygens (including phenoxy) is 1. The molecule has 2 aromatic heterocycles. The van der Waals surface area contributed by atoms with Crippen molar-refractivity contribution in [1.29, 1.82) is 0 Å². The lowest BCUT2D eigenvalue weighted by Gasteiger charge is -2.39. The molecular weight excluding hydrogens is 721 g/mol. The summed E-state index contributed by atoms with van der Waals surface area (Å²) in [5.41, 5.74) is 3.06. The van der Waals surface area contributed by atoms with E-state index in [4.69, 9.17) is 17.0 Å². The molecule has 10 nitrogen and oxygen atoms in total. The minimum absolute atomic E-state index is 0.269. The van der Waals surface area contributed by atoms with E-state index in [2.05, 4.69) is 95.3 Å². The van der Waals surface area contributed by atoms with E-state index in [1.807, 2.05) is 18.2 Å². The third-order valence-corrected chi connectivity index (χ3v) is 11.1. The normalized spacial score (nSPS) is 12.1. The fourth-order valence-corrected chi connectivity index (χ4v) is 7.84. The van der Waals surface area contributed by atoms with Gasteiger partial charge in [0.25, 0.3) is 5.56 Å². The van der Waals surface area contributed by atoms with Crippen LogP contribution < -0.4 is 21.9 Å². The van der Waals surface area contributed by atoms with Gasteiger partial charge in [0.05, 0.1) is 24.0 Å². The van der Waals surface area contributed by atoms with E-state index >= 15 is 0 Å². The maximum absolute atomic E-state index is 13.2. The molecule has 0 fully saturated rings. The fourth-order valence-electron chi connectivity index (χ4n) is 7.59. The number of imidazole rings is 1. The first-order valence-electron chi connectivity index (χ1n) is 20.3. The molecule has 5 rings (SSSR count). The van der Waals surface area contributed by atoms with E-state index in [1.54, 1.807) is 25.0 Å². The van der Waals surface area contributed by atoms with Gasteiger partial charge < -0.3 is 19.9 Å². The molecule has 0 aliphatic rings. The summed E-state index contributed by atoms with van der Waals surface area (Å²) in [5, 5.41) is 6.66. The summed E-state index contributed by atoms with van der Waals surface area (Å²) in [7, 11) is 3.44. The molecule has 298 valence electrons. The number of aryl methyl sites for hydroxylation is 2. The Morgan fingerprint density at radius 2 is 1.29 bits per heavy atom. The van der Waals surface area contributed by atoms with Crippen molar-refractivity contribution < 1.29 is 9.53 Å². The first-order valence-corrected chi connectivity index (χ1v) is 20.7. The van der Waals surface area contributed by atoms with Crippen LogP contribution in [0.3, 0.4) is 0 Å². The van der Waals surface area contributed by atoms with Crippen molar-refractivity contribution in [2.45, 2.75) is 102 Å². The summed E-state index contributed by atoms with van der Waals surface area (Å²) < 4.78 is 10.1. The molecule has 2 heterocycles. The van der Waals surface area contributed by atoms with Crippen LogP contribution in [0, 0.1) is 0 Å². The summed E-state index contributed by atoms with van der Waals surface area (Å²) >= 11 is 6.07. The van der Waals surface area contributed by atoms with Crippen molar-refractivity contribution in [2.24, 2.45) is 14.1 Å². The second-order valence-corrected chi connectivity index (χ2v) is 15.1. The van der Waals surface area contributed by atoms with Crippen LogP contribution in [0.15, 0.2) is 107 Å². The molecular formula is C45H58N6O4S. The summed E-state index contributed by atoms with van der Waals surface area (Å²) in [6.45, 7) is 3.58. The van der Waals surface area contributed by atoms with Crippen molar-refractivity contribution in [3.63, 3.8) is 0 Å². The highest BCUT2D eigenvalue weighted by molar-refractivity contribution is 7.80. The van der Waals surface area contributed by atoms with Gasteiger partial charge in [-0.25, -0.2) is 14.6 Å². The zero-order valence-electron chi connectivity index (χ0n) is 33.3. The number of unbranched alkanes of at least 4 members (excludes halogenated alkanes) is 9. The van der Waals surface area contributed by atoms with Crippen LogP contribution in [0.2, 0.25) is 0 Å². The van der Waals surface area contributed by atoms with Gasteiger partial charge in [0, 0.05) is 32.6 Å². The minimum Gasteiger partial charge on any atom is -0.450 e. The average Bonchev–Trinajstić information content (AvgIpc) is 3.62. The second kappa shape index (κ2) is 21.3. The van der Waals surface area contributed by atoms with Crippen molar-refractivity contribution in [2.75, 3.05) is 13.2 Å². The SMILES string of the molecule is CCCCOC(=O)N[C@@H](CC(c1ccccc1)(c1ccccc1)c1ccccc1)C(=S)NCCCCCCCCCCCn1c(=O)c2c(ncn2C)n(C)c1=O. The van der Waals surface area contributed by atoms with Gasteiger partial charge in [-0.05, 0) is 42.4 Å². The number of fused-ring (bicyclic) bond motifs is 1. The molecule has 0 unspecified atom stereocenters. The van der Waals surface area contributed by atoms with E-state index in [0.29, 0.717) is 35.7 Å². The first-order chi connectivity index (χ1) is 27.3. The molecule has 0 bridgehead atoms. The Morgan fingerprint density at radius 1 is 0.768 bits per heavy atom. The summed E-state index contributed by atoms with van der Waals surface area (Å²) in [6, 6.07) is 30.9. The number of benzene rings is 3. The largest absolute Gasteiger partial charge is 0.450 e. The number of carbonyl (C=O) groups is 1. The molecule has 56 heavy (non-hydrogen) atoms. The van der Waals surface area contributed by atoms with Crippen LogP contribution in [0.1, 0.15) is 101 Å². The van der Waals surface area contributed by atoms with E-state index in [1.165, 1.54) is 9.13 Å². The van der Waals surface area contributed by atoms with Crippen LogP contribution >= 0.6 is 12.2 Å². The Bertz CT molecular complexity index is 2000. The van der Waals surface area contributed by atoms with Gasteiger partial charge >= 0.3 is 11.8 Å². The number of aromatic nitrogens is 4. The lowest BCUT2D eigenvalue weighted by molar-refractivity contribution is 0.142. The Morgan fingerprint density at radius 3 is 1.82 bits per heavy atom. The fraction of sp³-hybridized carbons (Fsp3) is 0.444. The zero-order chi connectivity index (χ0) is 39.8. The minimum atomic E-state index is -0.597. The second-order valence-electron chi connectivity index (χ2n) is 14.7. The standard InChI is InChI=1S/C45H58N6O4S/c1-4-5-32-55-43(53)48-38(33-45(35-24-16-13-17-25-35,36-26-18-14-19-27-36)37-28-20-15-21-29-37)41(56)46-30-22-11-9-7-6-8-10-12-23-31-51-42(52)39-40(47-34-49(39)2)50(3)44(51)54/h13-21,24-29,34,38H,4-12,22-23,30-33H2,1-3H3,(H,46,56)(H,48,53)/t38-/m0/s1. The molecule has 0 spiro atoms. The highest BCUT2D eigenvalue weighted by Crippen LogP contribution is 2.43. The predicted octanol–water partition coefficient (Wildman–Crippen LogP) is 8.18. The van der Waals surface area contributed by atoms with Crippen molar-refractivity contribution in [3.8, 4) is 0 Å². The van der Waals surface area contributed by atoms with Gasteiger partial charge in [0.2, 0.25) is 0 Å². The summed E-state index contributed by atoms with van der Waals surface area (Å²) in [4.78, 5) is 43.7. The third kappa shape index (κ3) is 10.6. The molecule has 0 saturated carbocycles. The molecule has 3 aromatic carbocycles. The number of nitrogens with zero attached hydrogens (tertiary/aromatic N) is 4. The van der Waals surface area contributed by atoms with Crippen LogP contribution in [-0.2, 0) is 30.8 Å². The number of amides is 1. The number of thiocarbonyl (C=S) groups is 1. The maximum atomic E-state index is 13.2. The van der Waals surface area contributed by atoms with Gasteiger partial charge in [0.15, 0.2) is 11.2 Å². The van der Waals surface area contributed by atoms with Crippen LogP contribution in [-0.4, -0.2) is 49.0 Å². The predicted molar refractivity (Wildman–Crippen MR) is 229 cm³/mol. The molecule has 0 aliphatic carbocycles. The monoisotopic (exact) mass is 778 g/mol. The van der Waals surface area contributed by atoms with Gasteiger partial charge in [-0.3, -0.25) is 13.9 Å². The van der Waals surface area contributed by atoms with Gasteiger partial charge in [-0.2, -0.15) is 0 Å². The lowest BCUT2D eigenvalue weighted by atomic mass is 9.66. The number of hydrogen-bond acceptors (Lipinski definition) is 6. The Labute approximate surface area is 336 Å². The quantitative estimate of drug-likeness (QED) is 0.0414. The molecule has 0 aliphatic heterocycles. The third-order valence-electron chi connectivity index (χ3n) is 10.7. The van der Waals surface area contributed by atoms with Gasteiger partial charge in [-0.15, -0.1) is 0 Å². The van der Waals surface area contributed by atoms with Gasteiger partial charge in [-0.1, -0.05) is 162 Å². The highest BCUT2D eigenvalue weighted by atomic mass is 32.1. The smallest absolute Gasteiger partial charge is 0.407 e. The van der Waals surface area contributed by atoms with E-state index in [9.17, 15) is 14.4 Å². The van der Waals surface area contributed by atoms with E-state index in [0.717, 1.165) is 93.9 Å². The van der Waals surface area contributed by atoms with Crippen molar-refractivity contribution >= 4 is 34.5 Å². The number of alkyl carbamates (subject to hydrolysis) is 1. The van der Waals surface area contributed by atoms with Crippen LogP contribution in [0.4, 0.5) is 4.79 Å². The Balaban J connectivity index is 1.12.